The van der Waals surface area contributed by atoms with Gasteiger partial charge in [0.15, 0.2) is 5.69 Å². The van der Waals surface area contributed by atoms with E-state index in [1.807, 2.05) is 0 Å². The number of nitro benzene ring substituents is 1. The van der Waals surface area contributed by atoms with Crippen LogP contribution in [-0.2, 0) is 24.1 Å². The minimum atomic E-state index is -0.753. The number of amides is 1. The number of ketones is 1. The van der Waals surface area contributed by atoms with E-state index in [0.717, 1.165) is 44.9 Å². The van der Waals surface area contributed by atoms with E-state index in [-0.39, 0.29) is 36.2 Å². The molecule has 0 bridgehead atoms. The number of nitro groups is 1. The molecule has 1 aromatic rings. The van der Waals surface area contributed by atoms with Crippen molar-refractivity contribution in [1.82, 2.24) is 4.90 Å². The van der Waals surface area contributed by atoms with Crippen LogP contribution in [0.3, 0.4) is 0 Å². The van der Waals surface area contributed by atoms with Crippen LogP contribution in [0, 0.1) is 16.0 Å². The van der Waals surface area contributed by atoms with E-state index < -0.39 is 22.8 Å². The van der Waals surface area contributed by atoms with Gasteiger partial charge in [-0.1, -0.05) is 19.3 Å². The van der Waals surface area contributed by atoms with Crippen molar-refractivity contribution in [2.24, 2.45) is 5.92 Å². The predicted octanol–water partition coefficient (Wildman–Crippen LogP) is 2.76. The number of benzene rings is 1. The molecular weight excluding hydrogens is 446 g/mol. The summed E-state index contributed by atoms with van der Waals surface area (Å²) in [5.74, 6) is -1.70. The van der Waals surface area contributed by atoms with Gasteiger partial charge in [-0.3, -0.25) is 19.7 Å². The highest BCUT2D eigenvalue weighted by Gasteiger charge is 2.38. The number of carbonyl (C=O) groups excluding carboxylic acids is 3. The molecule has 0 radical (unpaired) electrons. The van der Waals surface area contributed by atoms with Crippen molar-refractivity contribution in [2.75, 3.05) is 36.0 Å². The van der Waals surface area contributed by atoms with E-state index in [4.69, 9.17) is 9.68 Å². The van der Waals surface area contributed by atoms with Crippen molar-refractivity contribution >= 4 is 40.4 Å². The third-order valence-corrected chi connectivity index (χ3v) is 6.57. The molecule has 2 heterocycles. The first kappa shape index (κ1) is 23.7. The normalized spacial score (nSPS) is 20.0. The maximum Gasteiger partial charge on any atom is 0.328 e. The zero-order valence-electron chi connectivity index (χ0n) is 18.8. The van der Waals surface area contributed by atoms with Crippen molar-refractivity contribution < 1.29 is 29.0 Å². The minimum absolute atomic E-state index is 0.0218. The van der Waals surface area contributed by atoms with E-state index in [2.05, 4.69) is 16.3 Å². The lowest BCUT2D eigenvalue weighted by atomic mass is 9.85. The Labute approximate surface area is 196 Å². The minimum Gasteiger partial charge on any atom is -0.462 e. The fraction of sp³-hybridized carbons (Fsp3) is 0.591. The maximum absolute atomic E-state index is 12.9. The second-order valence-electron chi connectivity index (χ2n) is 8.75. The Morgan fingerprint density at radius 2 is 1.82 bits per heavy atom. The average Bonchev–Trinajstić information content (AvgIpc) is 3.36. The van der Waals surface area contributed by atoms with Gasteiger partial charge in [0.2, 0.25) is 5.78 Å². The summed E-state index contributed by atoms with van der Waals surface area (Å²) in [6.45, 7) is 0.635. The van der Waals surface area contributed by atoms with Gasteiger partial charge in [0.25, 0.3) is 11.6 Å². The van der Waals surface area contributed by atoms with Crippen LogP contribution in [0.4, 0.5) is 22.7 Å². The van der Waals surface area contributed by atoms with Gasteiger partial charge < -0.3 is 15.0 Å². The fourth-order valence-corrected chi connectivity index (χ4v) is 4.76. The van der Waals surface area contributed by atoms with Crippen molar-refractivity contribution in [3.05, 3.63) is 22.2 Å². The summed E-state index contributed by atoms with van der Waals surface area (Å²) >= 11 is 0. The number of nitrogens with one attached hydrogen (secondary N) is 3. The Balaban J connectivity index is 1.30. The molecule has 0 aromatic heterocycles. The number of anilines is 3. The van der Waals surface area contributed by atoms with Crippen LogP contribution in [0.5, 0.6) is 0 Å². The first-order chi connectivity index (χ1) is 16.5. The van der Waals surface area contributed by atoms with Crippen LogP contribution in [0.1, 0.15) is 51.4 Å². The predicted molar refractivity (Wildman–Crippen MR) is 122 cm³/mol. The molecule has 2 fully saturated rings. The van der Waals surface area contributed by atoms with Crippen LogP contribution >= 0.6 is 0 Å². The molecule has 1 atom stereocenters. The molecule has 1 amide bonds. The van der Waals surface area contributed by atoms with Gasteiger partial charge >= 0.3 is 5.97 Å². The van der Waals surface area contributed by atoms with Crippen LogP contribution in [0.15, 0.2) is 12.1 Å². The lowest BCUT2D eigenvalue weighted by molar-refractivity contribution is -0.384. The van der Waals surface area contributed by atoms with Crippen LogP contribution in [0.25, 0.3) is 0 Å². The average molecular weight is 476 g/mol. The van der Waals surface area contributed by atoms with Crippen LogP contribution in [0.2, 0.25) is 0 Å². The topological polar surface area (TPSA) is 152 Å². The number of hydrogen-bond acceptors (Lipinski definition) is 10. The summed E-state index contributed by atoms with van der Waals surface area (Å²) in [7, 11) is 0. The molecule has 184 valence electrons. The van der Waals surface area contributed by atoms with Gasteiger partial charge in [-0.25, -0.2) is 15.8 Å². The molecule has 12 heteroatoms. The molecule has 3 N–H and O–H groups in total. The van der Waals surface area contributed by atoms with Gasteiger partial charge in [-0.15, -0.1) is 0 Å². The molecule has 4 rings (SSSR count). The number of Topliss-reactive ketones (excluding diaryl/α,β-unsaturated/α-hetero) is 1. The number of esters is 1. The molecule has 1 saturated carbocycles. The zero-order valence-corrected chi connectivity index (χ0v) is 18.8. The second-order valence-corrected chi connectivity index (χ2v) is 8.75. The van der Waals surface area contributed by atoms with E-state index in [1.165, 1.54) is 17.0 Å². The zero-order chi connectivity index (χ0) is 24.1. The molecule has 1 aliphatic carbocycles. The highest BCUT2D eigenvalue weighted by Crippen LogP contribution is 2.41. The smallest absolute Gasteiger partial charge is 0.328 e. The summed E-state index contributed by atoms with van der Waals surface area (Å²) in [6.07, 6.45) is 6.49. The highest BCUT2D eigenvalue weighted by molar-refractivity contribution is 6.37. The van der Waals surface area contributed by atoms with Crippen LogP contribution < -0.4 is 16.3 Å². The molecular formula is C22H29N5O7. The Bertz CT molecular complexity index is 963. The Morgan fingerprint density at radius 1 is 1.09 bits per heavy atom. The summed E-state index contributed by atoms with van der Waals surface area (Å²) in [6, 6.07) is 2.11. The summed E-state index contributed by atoms with van der Waals surface area (Å²) < 4.78 is 5.41. The highest BCUT2D eigenvalue weighted by atomic mass is 16.8. The lowest BCUT2D eigenvalue weighted by Crippen LogP contribution is -2.52. The van der Waals surface area contributed by atoms with E-state index in [9.17, 15) is 24.5 Å². The molecule has 1 saturated heterocycles. The van der Waals surface area contributed by atoms with Gasteiger partial charge in [0.05, 0.1) is 10.6 Å². The number of hydrogen-bond donors (Lipinski definition) is 3. The summed E-state index contributed by atoms with van der Waals surface area (Å²) in [5.41, 5.74) is 5.99. The standard InChI is InChI=1S/C22H29N5O7/c28-20(14-6-2-1-3-7-14)21(29)26-12-5-4-8-17(26)22(30)33-13-11-23-15-9-10-16(27(31)32)19-18(15)24-34-25-19/h9-10,14,17,23-25H,1-8,11-13H2. The van der Waals surface area contributed by atoms with E-state index in [1.54, 1.807) is 0 Å². The largest absolute Gasteiger partial charge is 0.462 e. The van der Waals surface area contributed by atoms with Crippen molar-refractivity contribution in [3.8, 4) is 0 Å². The number of ether oxygens (including phenoxy) is 1. The second kappa shape index (κ2) is 10.7. The van der Waals surface area contributed by atoms with E-state index >= 15 is 0 Å². The van der Waals surface area contributed by atoms with Crippen molar-refractivity contribution in [3.63, 3.8) is 0 Å². The monoisotopic (exact) mass is 475 g/mol. The van der Waals surface area contributed by atoms with Gasteiger partial charge in [-0.05, 0) is 38.2 Å². The van der Waals surface area contributed by atoms with Gasteiger partial charge in [0.1, 0.15) is 18.3 Å². The third kappa shape index (κ3) is 5.06. The molecule has 3 aliphatic rings. The van der Waals surface area contributed by atoms with Gasteiger partial charge in [0, 0.05) is 25.1 Å². The Hall–Kier alpha value is -3.41. The number of piperidine rings is 1. The fourth-order valence-electron chi connectivity index (χ4n) is 4.76. The van der Waals surface area contributed by atoms with Gasteiger partial charge in [-0.2, -0.15) is 4.94 Å². The number of nitrogens with zero attached hydrogens (tertiary/aromatic N) is 2. The molecule has 1 aromatic carbocycles. The quantitative estimate of drug-likeness (QED) is 0.168. The van der Waals surface area contributed by atoms with Crippen molar-refractivity contribution in [2.45, 2.75) is 57.4 Å². The molecule has 1 unspecified atom stereocenters. The Morgan fingerprint density at radius 3 is 2.59 bits per heavy atom. The molecule has 12 nitrogen and oxygen atoms in total. The molecule has 34 heavy (non-hydrogen) atoms. The maximum atomic E-state index is 12.9. The first-order valence-corrected chi connectivity index (χ1v) is 11.7. The number of rotatable bonds is 8. The molecule has 2 aliphatic heterocycles. The number of carbonyl (C=O) groups is 3. The number of fused-ring (bicyclic) bond motifs is 1. The first-order valence-electron chi connectivity index (χ1n) is 11.7. The SMILES string of the molecule is O=C(C(=O)N1CCCCC1C(=O)OCCNc1ccc([N+](=O)[O-])c2c1NON2)C1CCCCC1. The Kier molecular flexibility index (Phi) is 7.46. The third-order valence-electron chi connectivity index (χ3n) is 6.57. The molecule has 0 spiro atoms. The van der Waals surface area contributed by atoms with Crippen molar-refractivity contribution in [1.29, 1.82) is 0 Å². The van der Waals surface area contributed by atoms with Crippen LogP contribution in [-0.4, -0.2) is 53.2 Å². The summed E-state index contributed by atoms with van der Waals surface area (Å²) in [4.78, 5) is 55.2. The lowest BCUT2D eigenvalue weighted by Gasteiger charge is -2.34. The number of likely N-dealkylation sites (tertiary alicyclic amines) is 1. The van der Waals surface area contributed by atoms with E-state index in [0.29, 0.717) is 24.3 Å². The summed E-state index contributed by atoms with van der Waals surface area (Å²) in [5, 5.41) is 14.2.